The molecule has 4 nitrogen and oxygen atoms in total. The number of thioether (sulfide) groups is 1. The third kappa shape index (κ3) is 1.54. The number of nitrogens with zero attached hydrogens (tertiary/aromatic N) is 2. The summed E-state index contributed by atoms with van der Waals surface area (Å²) in [5.41, 5.74) is 0. The van der Waals surface area contributed by atoms with E-state index >= 15 is 0 Å². The first kappa shape index (κ1) is 8.55. The standard InChI is InChI=1S/C6H10N2O2S/c1-3-4-7-5(8(9)10)6(7)11-2/h3,5-6H,1,4H2,2H3. The van der Waals surface area contributed by atoms with E-state index < -0.39 is 6.17 Å². The molecule has 0 amide bonds. The molecule has 5 heteroatoms. The lowest BCUT2D eigenvalue weighted by atomic mass is 10.6. The SMILES string of the molecule is C=CCN1C(SC)C1[N+](=O)[O-]. The van der Waals surface area contributed by atoms with Crippen LogP contribution in [0.2, 0.25) is 0 Å². The lowest BCUT2D eigenvalue weighted by Crippen LogP contribution is -2.10. The third-order valence-corrected chi connectivity index (χ3v) is 2.63. The molecule has 0 aromatic carbocycles. The Bertz CT molecular complexity index is 185. The molecule has 0 aromatic heterocycles. The topological polar surface area (TPSA) is 46.1 Å². The van der Waals surface area contributed by atoms with Crippen molar-refractivity contribution in [2.24, 2.45) is 0 Å². The Labute approximate surface area is 69.4 Å². The van der Waals surface area contributed by atoms with Gasteiger partial charge in [0.2, 0.25) is 0 Å². The molecule has 0 radical (unpaired) electrons. The summed E-state index contributed by atoms with van der Waals surface area (Å²) in [6.45, 7) is 4.14. The summed E-state index contributed by atoms with van der Waals surface area (Å²) in [4.78, 5) is 11.9. The minimum Gasteiger partial charge on any atom is -0.263 e. The Morgan fingerprint density at radius 1 is 1.91 bits per heavy atom. The molecule has 1 saturated heterocycles. The molecule has 0 N–H and O–H groups in total. The summed E-state index contributed by atoms with van der Waals surface area (Å²) in [6.07, 6.45) is 3.08. The highest BCUT2D eigenvalue weighted by Gasteiger charge is 2.56. The molecule has 0 spiro atoms. The van der Waals surface area contributed by atoms with Crippen molar-refractivity contribution < 1.29 is 4.92 Å². The van der Waals surface area contributed by atoms with Crippen molar-refractivity contribution in [3.63, 3.8) is 0 Å². The molecule has 1 heterocycles. The Kier molecular flexibility index (Phi) is 2.51. The summed E-state index contributed by atoms with van der Waals surface area (Å²) < 4.78 is 0. The van der Waals surface area contributed by atoms with Gasteiger partial charge in [0.05, 0.1) is 0 Å². The maximum atomic E-state index is 10.3. The Balaban J connectivity index is 2.45. The maximum Gasteiger partial charge on any atom is 0.294 e. The zero-order valence-corrected chi connectivity index (χ0v) is 7.08. The average molecular weight is 174 g/mol. The van der Waals surface area contributed by atoms with Crippen LogP contribution in [0.3, 0.4) is 0 Å². The number of hydrogen-bond acceptors (Lipinski definition) is 4. The molecule has 0 saturated carbocycles. The summed E-state index contributed by atoms with van der Waals surface area (Å²) >= 11 is 1.51. The normalized spacial score (nSPS) is 34.8. The van der Waals surface area contributed by atoms with Gasteiger partial charge >= 0.3 is 0 Å². The van der Waals surface area contributed by atoms with E-state index in [1.54, 1.807) is 11.0 Å². The largest absolute Gasteiger partial charge is 0.294 e. The van der Waals surface area contributed by atoms with Crippen LogP contribution in [0.5, 0.6) is 0 Å². The lowest BCUT2D eigenvalue weighted by Gasteiger charge is -1.90. The fourth-order valence-corrected chi connectivity index (χ4v) is 1.99. The van der Waals surface area contributed by atoms with E-state index in [4.69, 9.17) is 0 Å². The molecular formula is C6H10N2O2S. The predicted molar refractivity (Wildman–Crippen MR) is 45.0 cm³/mol. The molecule has 0 aromatic rings. The fraction of sp³-hybridized carbons (Fsp3) is 0.667. The van der Waals surface area contributed by atoms with E-state index in [0.717, 1.165) is 0 Å². The van der Waals surface area contributed by atoms with Crippen molar-refractivity contribution in [3.8, 4) is 0 Å². The average Bonchev–Trinajstić information content (AvgIpc) is 2.63. The minimum absolute atomic E-state index is 0.0583. The highest BCUT2D eigenvalue weighted by Crippen LogP contribution is 2.35. The first-order chi connectivity index (χ1) is 5.22. The fourth-order valence-electron chi connectivity index (χ4n) is 1.08. The van der Waals surface area contributed by atoms with Crippen LogP contribution < -0.4 is 0 Å². The van der Waals surface area contributed by atoms with Crippen molar-refractivity contribution in [2.75, 3.05) is 12.8 Å². The van der Waals surface area contributed by atoms with Gasteiger partial charge in [-0.2, -0.15) is 0 Å². The van der Waals surface area contributed by atoms with Crippen LogP contribution in [0.15, 0.2) is 12.7 Å². The Morgan fingerprint density at radius 2 is 2.55 bits per heavy atom. The van der Waals surface area contributed by atoms with E-state index in [1.165, 1.54) is 11.8 Å². The number of rotatable bonds is 4. The zero-order valence-electron chi connectivity index (χ0n) is 6.27. The van der Waals surface area contributed by atoms with E-state index in [9.17, 15) is 10.1 Å². The highest BCUT2D eigenvalue weighted by molar-refractivity contribution is 7.99. The van der Waals surface area contributed by atoms with Crippen molar-refractivity contribution in [2.45, 2.75) is 11.5 Å². The zero-order chi connectivity index (χ0) is 8.43. The Morgan fingerprint density at radius 3 is 2.82 bits per heavy atom. The Hall–Kier alpha value is -0.550. The van der Waals surface area contributed by atoms with Gasteiger partial charge in [0.15, 0.2) is 0 Å². The van der Waals surface area contributed by atoms with Crippen LogP contribution in [-0.4, -0.2) is 34.2 Å². The molecule has 1 aliphatic heterocycles. The molecular weight excluding hydrogens is 164 g/mol. The van der Waals surface area contributed by atoms with Gasteiger partial charge in [-0.1, -0.05) is 6.08 Å². The van der Waals surface area contributed by atoms with Gasteiger partial charge in [-0.15, -0.1) is 18.3 Å². The van der Waals surface area contributed by atoms with Gasteiger partial charge < -0.3 is 0 Å². The summed E-state index contributed by atoms with van der Waals surface area (Å²) in [7, 11) is 0. The second-order valence-corrected chi connectivity index (χ2v) is 3.27. The molecule has 0 bridgehead atoms. The summed E-state index contributed by atoms with van der Waals surface area (Å²) in [5.74, 6) is 0. The van der Waals surface area contributed by atoms with Gasteiger partial charge in [-0.05, 0) is 6.26 Å². The molecule has 1 aliphatic rings. The maximum absolute atomic E-state index is 10.3. The van der Waals surface area contributed by atoms with Gasteiger partial charge in [0.1, 0.15) is 5.37 Å². The monoisotopic (exact) mass is 174 g/mol. The molecule has 1 rings (SSSR count). The first-order valence-electron chi connectivity index (χ1n) is 3.25. The molecule has 11 heavy (non-hydrogen) atoms. The number of nitro groups is 1. The van der Waals surface area contributed by atoms with E-state index in [2.05, 4.69) is 6.58 Å². The van der Waals surface area contributed by atoms with Gasteiger partial charge in [-0.3, -0.25) is 10.1 Å². The quantitative estimate of drug-likeness (QED) is 0.273. The molecule has 0 aliphatic carbocycles. The predicted octanol–water partition coefficient (Wildman–Crippen LogP) is 0.780. The van der Waals surface area contributed by atoms with Crippen LogP contribution >= 0.6 is 11.8 Å². The van der Waals surface area contributed by atoms with E-state index in [0.29, 0.717) is 6.54 Å². The second-order valence-electron chi connectivity index (χ2n) is 2.31. The van der Waals surface area contributed by atoms with E-state index in [1.807, 2.05) is 6.26 Å². The van der Waals surface area contributed by atoms with Gasteiger partial charge in [0, 0.05) is 11.5 Å². The van der Waals surface area contributed by atoms with Gasteiger partial charge in [-0.25, -0.2) is 4.90 Å². The minimum atomic E-state index is -0.483. The van der Waals surface area contributed by atoms with Crippen LogP contribution in [0.1, 0.15) is 0 Å². The molecule has 1 fully saturated rings. The van der Waals surface area contributed by atoms with Crippen molar-refractivity contribution in [1.29, 1.82) is 0 Å². The molecule has 62 valence electrons. The molecule has 3 unspecified atom stereocenters. The van der Waals surface area contributed by atoms with Crippen molar-refractivity contribution in [1.82, 2.24) is 4.90 Å². The second kappa shape index (κ2) is 3.23. The van der Waals surface area contributed by atoms with Gasteiger partial charge in [0.25, 0.3) is 6.17 Å². The first-order valence-corrected chi connectivity index (χ1v) is 4.54. The third-order valence-electron chi connectivity index (χ3n) is 1.63. The van der Waals surface area contributed by atoms with Crippen molar-refractivity contribution >= 4 is 11.8 Å². The summed E-state index contributed by atoms with van der Waals surface area (Å²) in [5, 5.41) is 10.4. The summed E-state index contributed by atoms with van der Waals surface area (Å²) in [6, 6.07) is 0. The number of hydrogen-bond donors (Lipinski definition) is 0. The van der Waals surface area contributed by atoms with Crippen molar-refractivity contribution in [3.05, 3.63) is 22.8 Å². The van der Waals surface area contributed by atoms with Crippen LogP contribution in [0.25, 0.3) is 0 Å². The van der Waals surface area contributed by atoms with E-state index in [-0.39, 0.29) is 10.3 Å². The van der Waals surface area contributed by atoms with Crippen LogP contribution in [-0.2, 0) is 0 Å². The molecule has 3 atom stereocenters. The smallest absolute Gasteiger partial charge is 0.263 e. The highest BCUT2D eigenvalue weighted by atomic mass is 32.2. The lowest BCUT2D eigenvalue weighted by molar-refractivity contribution is -0.505. The van der Waals surface area contributed by atoms with Crippen LogP contribution in [0.4, 0.5) is 0 Å². The van der Waals surface area contributed by atoms with Crippen LogP contribution in [0, 0.1) is 10.1 Å².